The molecule has 0 radical (unpaired) electrons. The molecule has 4 heteroatoms. The second kappa shape index (κ2) is 16.5. The molecule has 0 aromatic carbocycles. The molecule has 0 fully saturated rings. The predicted molar refractivity (Wildman–Crippen MR) is 100 cm³/mol. The highest BCUT2D eigenvalue weighted by Gasteiger charge is 2.00. The normalized spacial score (nSPS) is 12.3. The summed E-state index contributed by atoms with van der Waals surface area (Å²) in [6.07, 6.45) is 23.3. The maximum atomic E-state index is 10.8. The van der Waals surface area contributed by atoms with Gasteiger partial charge in [0.2, 0.25) is 0 Å². The Morgan fingerprint density at radius 3 is 1.61 bits per heavy atom. The van der Waals surface area contributed by atoms with Gasteiger partial charge in [0.25, 0.3) is 10.1 Å². The number of allylic oxidation sites excluding steroid dienone is 2. The molecule has 0 saturated heterocycles. The Hall–Kier alpha value is -0.350. The average Bonchev–Trinajstić information content (AvgIpc) is 2.49. The summed E-state index contributed by atoms with van der Waals surface area (Å²) in [4.78, 5) is 0. The van der Waals surface area contributed by atoms with Crippen LogP contribution in [0.25, 0.3) is 0 Å². The molecule has 23 heavy (non-hydrogen) atoms. The Labute approximate surface area is 145 Å². The molecule has 0 heterocycles. The first-order valence-electron chi connectivity index (χ1n) is 9.55. The van der Waals surface area contributed by atoms with Gasteiger partial charge in [-0.2, -0.15) is 8.42 Å². The molecule has 0 aliphatic rings. The summed E-state index contributed by atoms with van der Waals surface area (Å²) >= 11 is 0. The van der Waals surface area contributed by atoms with Crippen LogP contribution in [0.1, 0.15) is 96.8 Å². The highest BCUT2D eigenvalue weighted by Crippen LogP contribution is 2.11. The molecule has 0 atom stereocenters. The Balaban J connectivity index is 3.10. The van der Waals surface area contributed by atoms with Gasteiger partial charge in [-0.15, -0.1) is 0 Å². The standard InChI is InChI=1S/C19H38O3S/c1-3-4-5-6-7-8-9-10-11-12-13-14-15-16-17-18-19-22-23(2,20)21/h7-8H,3-6,9-19H2,1-2H3. The van der Waals surface area contributed by atoms with Gasteiger partial charge < -0.3 is 0 Å². The molecule has 0 unspecified atom stereocenters. The third-order valence-electron chi connectivity index (χ3n) is 3.95. The molecule has 0 aliphatic heterocycles. The van der Waals surface area contributed by atoms with Gasteiger partial charge >= 0.3 is 0 Å². The van der Waals surface area contributed by atoms with E-state index in [-0.39, 0.29) is 0 Å². The summed E-state index contributed by atoms with van der Waals surface area (Å²) < 4.78 is 26.2. The van der Waals surface area contributed by atoms with Crippen molar-refractivity contribution in [3.05, 3.63) is 12.2 Å². The molecule has 0 spiro atoms. The van der Waals surface area contributed by atoms with E-state index in [2.05, 4.69) is 19.1 Å². The maximum absolute atomic E-state index is 10.8. The Kier molecular flexibility index (Phi) is 16.3. The lowest BCUT2D eigenvalue weighted by atomic mass is 10.1. The monoisotopic (exact) mass is 346 g/mol. The predicted octanol–water partition coefficient (Wildman–Crippen LogP) is 6.00. The Morgan fingerprint density at radius 2 is 1.13 bits per heavy atom. The van der Waals surface area contributed by atoms with E-state index < -0.39 is 10.1 Å². The van der Waals surface area contributed by atoms with Crippen LogP contribution in [0.15, 0.2) is 12.2 Å². The Morgan fingerprint density at radius 1 is 0.696 bits per heavy atom. The zero-order valence-corrected chi connectivity index (χ0v) is 16.2. The van der Waals surface area contributed by atoms with Crippen molar-refractivity contribution in [1.29, 1.82) is 0 Å². The SMILES string of the molecule is CCCCCC=CCCCCCCCCCCCOS(C)(=O)=O. The lowest BCUT2D eigenvalue weighted by Gasteiger charge is -2.02. The van der Waals surface area contributed by atoms with Crippen LogP contribution < -0.4 is 0 Å². The molecule has 3 nitrogen and oxygen atoms in total. The fourth-order valence-electron chi connectivity index (χ4n) is 2.56. The van der Waals surface area contributed by atoms with E-state index in [1.165, 1.54) is 77.0 Å². The number of hydrogen-bond acceptors (Lipinski definition) is 3. The van der Waals surface area contributed by atoms with Crippen molar-refractivity contribution in [2.75, 3.05) is 12.9 Å². The van der Waals surface area contributed by atoms with Gasteiger partial charge in [0.15, 0.2) is 0 Å². The molecule has 0 amide bonds. The topological polar surface area (TPSA) is 43.4 Å². The van der Waals surface area contributed by atoms with Crippen LogP contribution in [0, 0.1) is 0 Å². The molecule has 0 saturated carbocycles. The van der Waals surface area contributed by atoms with Gasteiger partial charge in [-0.05, 0) is 32.1 Å². The van der Waals surface area contributed by atoms with Crippen LogP contribution in [-0.4, -0.2) is 21.3 Å². The first kappa shape index (κ1) is 22.6. The van der Waals surface area contributed by atoms with Gasteiger partial charge in [0, 0.05) is 0 Å². The molecule has 0 aliphatic carbocycles. The van der Waals surface area contributed by atoms with Crippen LogP contribution >= 0.6 is 0 Å². The number of rotatable bonds is 17. The van der Waals surface area contributed by atoms with Gasteiger partial charge in [-0.1, -0.05) is 76.9 Å². The van der Waals surface area contributed by atoms with Crippen LogP contribution in [0.2, 0.25) is 0 Å². The van der Waals surface area contributed by atoms with E-state index in [1.807, 2.05) is 0 Å². The van der Waals surface area contributed by atoms with Gasteiger partial charge in [-0.25, -0.2) is 0 Å². The largest absolute Gasteiger partial charge is 0.270 e. The van der Waals surface area contributed by atoms with Crippen molar-refractivity contribution in [2.45, 2.75) is 96.8 Å². The van der Waals surface area contributed by atoms with Gasteiger partial charge in [-0.3, -0.25) is 4.18 Å². The highest BCUT2D eigenvalue weighted by atomic mass is 32.2. The molecule has 0 rings (SSSR count). The molecular formula is C19H38O3S. The first-order chi connectivity index (χ1) is 11.1. The summed E-state index contributed by atoms with van der Waals surface area (Å²) in [5.41, 5.74) is 0. The third kappa shape index (κ3) is 21.6. The summed E-state index contributed by atoms with van der Waals surface area (Å²) in [5, 5.41) is 0. The van der Waals surface area contributed by atoms with E-state index in [9.17, 15) is 8.42 Å². The van der Waals surface area contributed by atoms with Crippen LogP contribution in [0.4, 0.5) is 0 Å². The zero-order valence-electron chi connectivity index (χ0n) is 15.4. The first-order valence-corrected chi connectivity index (χ1v) is 11.4. The highest BCUT2D eigenvalue weighted by molar-refractivity contribution is 7.85. The lowest BCUT2D eigenvalue weighted by molar-refractivity contribution is 0.309. The summed E-state index contributed by atoms with van der Waals surface area (Å²) in [5.74, 6) is 0. The van der Waals surface area contributed by atoms with E-state index in [1.54, 1.807) is 0 Å². The van der Waals surface area contributed by atoms with E-state index in [0.717, 1.165) is 19.1 Å². The molecule has 0 aromatic heterocycles. The smallest absolute Gasteiger partial charge is 0.264 e. The summed E-state index contributed by atoms with van der Waals surface area (Å²) in [6.45, 7) is 2.59. The molecule has 138 valence electrons. The number of unbranched alkanes of at least 4 members (excludes halogenated alkanes) is 12. The summed E-state index contributed by atoms with van der Waals surface area (Å²) in [7, 11) is -3.25. The van der Waals surface area contributed by atoms with Crippen LogP contribution in [0.3, 0.4) is 0 Å². The van der Waals surface area contributed by atoms with Crippen LogP contribution in [0.5, 0.6) is 0 Å². The third-order valence-corrected chi connectivity index (χ3v) is 4.55. The van der Waals surface area contributed by atoms with Crippen molar-refractivity contribution in [1.82, 2.24) is 0 Å². The fourth-order valence-corrected chi connectivity index (χ4v) is 2.98. The van der Waals surface area contributed by atoms with E-state index in [4.69, 9.17) is 4.18 Å². The molecular weight excluding hydrogens is 308 g/mol. The lowest BCUT2D eigenvalue weighted by Crippen LogP contribution is -2.03. The number of hydrogen-bond donors (Lipinski definition) is 0. The van der Waals surface area contributed by atoms with E-state index >= 15 is 0 Å². The minimum absolute atomic E-state index is 0.338. The van der Waals surface area contributed by atoms with Gasteiger partial charge in [0.05, 0.1) is 12.9 Å². The molecule has 0 N–H and O–H groups in total. The van der Waals surface area contributed by atoms with Crippen molar-refractivity contribution in [3.63, 3.8) is 0 Å². The van der Waals surface area contributed by atoms with Crippen LogP contribution in [-0.2, 0) is 14.3 Å². The van der Waals surface area contributed by atoms with Crippen molar-refractivity contribution in [3.8, 4) is 0 Å². The second-order valence-corrected chi connectivity index (χ2v) is 8.11. The van der Waals surface area contributed by atoms with Crippen molar-refractivity contribution in [2.24, 2.45) is 0 Å². The quantitative estimate of drug-likeness (QED) is 0.184. The van der Waals surface area contributed by atoms with Crippen molar-refractivity contribution < 1.29 is 12.6 Å². The summed E-state index contributed by atoms with van der Waals surface area (Å²) in [6, 6.07) is 0. The molecule has 0 aromatic rings. The second-order valence-electron chi connectivity index (χ2n) is 6.46. The Bertz CT molecular complexity index is 361. The minimum atomic E-state index is -3.25. The zero-order chi connectivity index (χ0) is 17.2. The van der Waals surface area contributed by atoms with E-state index in [0.29, 0.717) is 6.61 Å². The fraction of sp³-hybridized carbons (Fsp3) is 0.895. The minimum Gasteiger partial charge on any atom is -0.270 e. The van der Waals surface area contributed by atoms with Crippen molar-refractivity contribution >= 4 is 10.1 Å². The average molecular weight is 347 g/mol. The molecule has 0 bridgehead atoms. The van der Waals surface area contributed by atoms with Gasteiger partial charge in [0.1, 0.15) is 0 Å². The maximum Gasteiger partial charge on any atom is 0.264 e.